The first-order chi connectivity index (χ1) is 24.8. The number of benzene rings is 7. The number of rotatable bonds is 5. The fourth-order valence-electron chi connectivity index (χ4n) is 7.02. The van der Waals surface area contributed by atoms with E-state index in [1.807, 2.05) is 97.1 Å². The van der Waals surface area contributed by atoms with Crippen molar-refractivity contribution in [1.29, 1.82) is 0 Å². The van der Waals surface area contributed by atoms with Crippen LogP contribution in [0, 0.1) is 0 Å². The predicted molar refractivity (Wildman–Crippen MR) is 201 cm³/mol. The second-order valence-corrected chi connectivity index (χ2v) is 12.3. The third-order valence-corrected chi connectivity index (χ3v) is 9.28. The SMILES string of the molecule is c1ccc(-c2nc(-c3ccccc3)nc(-c3ccccc3-c3nc4ccc5ccc6c(c7ccccc7n6-c6ccccc6)c5c4o3)n2)cc1. The summed E-state index contributed by atoms with van der Waals surface area (Å²) in [6.45, 7) is 0. The Hall–Kier alpha value is -6.92. The van der Waals surface area contributed by atoms with E-state index in [1.165, 1.54) is 0 Å². The molecule has 0 saturated heterocycles. The first-order valence-electron chi connectivity index (χ1n) is 16.6. The number of oxazole rings is 1. The zero-order chi connectivity index (χ0) is 33.0. The molecule has 0 aliphatic rings. The standard InChI is InChI=1S/C44H27N5O/c1-4-14-29(15-5-1)41-46-42(30-16-6-2-7-17-30)48-43(47-41)32-20-10-11-21-33(32)44-45-35-26-24-28-25-27-37-39(38(28)40(35)50-44)34-22-12-13-23-36(34)49(37)31-18-8-3-9-19-31/h1-27H. The molecule has 0 atom stereocenters. The smallest absolute Gasteiger partial charge is 0.228 e. The van der Waals surface area contributed by atoms with Gasteiger partial charge in [-0.05, 0) is 41.8 Å². The van der Waals surface area contributed by atoms with E-state index in [1.54, 1.807) is 0 Å². The molecule has 6 nitrogen and oxygen atoms in total. The maximum atomic E-state index is 6.84. The van der Waals surface area contributed by atoms with Crippen molar-refractivity contribution in [2.45, 2.75) is 0 Å². The summed E-state index contributed by atoms with van der Waals surface area (Å²) in [5, 5.41) is 4.44. The third kappa shape index (κ3) is 4.50. The van der Waals surface area contributed by atoms with E-state index in [0.29, 0.717) is 23.4 Å². The normalized spacial score (nSPS) is 11.6. The lowest BCUT2D eigenvalue weighted by Crippen LogP contribution is -2.01. The van der Waals surface area contributed by atoms with Crippen molar-refractivity contribution in [1.82, 2.24) is 24.5 Å². The van der Waals surface area contributed by atoms with Crippen LogP contribution in [-0.4, -0.2) is 24.5 Å². The Bertz CT molecular complexity index is 2800. The van der Waals surface area contributed by atoms with Gasteiger partial charge in [0.25, 0.3) is 0 Å². The van der Waals surface area contributed by atoms with Gasteiger partial charge < -0.3 is 8.98 Å². The average Bonchev–Trinajstić information content (AvgIpc) is 3.79. The van der Waals surface area contributed by atoms with E-state index in [4.69, 9.17) is 24.4 Å². The molecule has 0 bridgehead atoms. The van der Waals surface area contributed by atoms with Gasteiger partial charge in [0, 0.05) is 44.1 Å². The largest absolute Gasteiger partial charge is 0.435 e. The number of aromatic nitrogens is 5. The highest BCUT2D eigenvalue weighted by atomic mass is 16.3. The molecule has 0 unspecified atom stereocenters. The van der Waals surface area contributed by atoms with Crippen LogP contribution in [0.4, 0.5) is 0 Å². The zero-order valence-electron chi connectivity index (χ0n) is 26.7. The number of nitrogens with zero attached hydrogens (tertiary/aromatic N) is 5. The lowest BCUT2D eigenvalue weighted by molar-refractivity contribution is 0.623. The van der Waals surface area contributed by atoms with Crippen LogP contribution in [0.2, 0.25) is 0 Å². The molecular formula is C44H27N5O. The minimum Gasteiger partial charge on any atom is -0.435 e. The predicted octanol–water partition coefficient (Wildman–Crippen LogP) is 10.9. The van der Waals surface area contributed by atoms with Gasteiger partial charge in [0.15, 0.2) is 23.1 Å². The Kier molecular flexibility index (Phi) is 6.39. The van der Waals surface area contributed by atoms with Crippen LogP contribution in [0.5, 0.6) is 0 Å². The summed E-state index contributed by atoms with van der Waals surface area (Å²) < 4.78 is 9.16. The van der Waals surface area contributed by atoms with Gasteiger partial charge >= 0.3 is 0 Å². The fraction of sp³-hybridized carbons (Fsp3) is 0. The highest BCUT2D eigenvalue weighted by molar-refractivity contribution is 6.27. The Morgan fingerprint density at radius 1 is 0.420 bits per heavy atom. The molecular weight excluding hydrogens is 615 g/mol. The van der Waals surface area contributed by atoms with Crippen LogP contribution in [0.3, 0.4) is 0 Å². The zero-order valence-corrected chi connectivity index (χ0v) is 26.7. The van der Waals surface area contributed by atoms with E-state index in [-0.39, 0.29) is 0 Å². The molecule has 0 spiro atoms. The van der Waals surface area contributed by atoms with Gasteiger partial charge in [0.05, 0.1) is 11.0 Å². The highest BCUT2D eigenvalue weighted by Crippen LogP contribution is 2.41. The summed E-state index contributed by atoms with van der Waals surface area (Å²) in [6.07, 6.45) is 0. The molecule has 0 N–H and O–H groups in total. The summed E-state index contributed by atoms with van der Waals surface area (Å²) in [5.41, 5.74) is 8.35. The van der Waals surface area contributed by atoms with Gasteiger partial charge in [0.2, 0.25) is 5.89 Å². The van der Waals surface area contributed by atoms with Crippen LogP contribution >= 0.6 is 0 Å². The van der Waals surface area contributed by atoms with Crippen LogP contribution in [-0.2, 0) is 0 Å². The summed E-state index contributed by atoms with van der Waals surface area (Å²) in [6, 6.07) is 55.6. The van der Waals surface area contributed by atoms with E-state index in [9.17, 15) is 0 Å². The molecule has 234 valence electrons. The Morgan fingerprint density at radius 3 is 1.72 bits per heavy atom. The molecule has 0 saturated carbocycles. The highest BCUT2D eigenvalue weighted by Gasteiger charge is 2.22. The van der Waals surface area contributed by atoms with E-state index < -0.39 is 0 Å². The second-order valence-electron chi connectivity index (χ2n) is 12.3. The maximum Gasteiger partial charge on any atom is 0.228 e. The van der Waals surface area contributed by atoms with Gasteiger partial charge in [-0.25, -0.2) is 19.9 Å². The van der Waals surface area contributed by atoms with Crippen LogP contribution < -0.4 is 0 Å². The lowest BCUT2D eigenvalue weighted by atomic mass is 10.0. The van der Waals surface area contributed by atoms with Crippen LogP contribution in [0.15, 0.2) is 168 Å². The minimum absolute atomic E-state index is 0.509. The number of hydrogen-bond donors (Lipinski definition) is 0. The number of para-hydroxylation sites is 2. The van der Waals surface area contributed by atoms with Crippen molar-refractivity contribution in [3.8, 4) is 51.3 Å². The van der Waals surface area contributed by atoms with E-state index >= 15 is 0 Å². The Labute approximate surface area is 287 Å². The first-order valence-corrected chi connectivity index (χ1v) is 16.6. The molecule has 0 aliphatic carbocycles. The minimum atomic E-state index is 0.509. The second kappa shape index (κ2) is 11.4. The van der Waals surface area contributed by atoms with Gasteiger partial charge in [-0.1, -0.05) is 127 Å². The molecule has 0 radical (unpaired) electrons. The molecule has 10 rings (SSSR count). The monoisotopic (exact) mass is 641 g/mol. The maximum absolute atomic E-state index is 6.84. The quantitative estimate of drug-likeness (QED) is 0.187. The molecule has 50 heavy (non-hydrogen) atoms. The number of hydrogen-bond acceptors (Lipinski definition) is 5. The molecule has 7 aromatic carbocycles. The molecule has 6 heteroatoms. The molecule has 3 aromatic heterocycles. The summed E-state index contributed by atoms with van der Waals surface area (Å²) in [7, 11) is 0. The van der Waals surface area contributed by atoms with Crippen molar-refractivity contribution in [3.05, 3.63) is 164 Å². The molecule has 0 amide bonds. The summed E-state index contributed by atoms with van der Waals surface area (Å²) in [4.78, 5) is 20.0. The van der Waals surface area contributed by atoms with Crippen molar-refractivity contribution in [2.75, 3.05) is 0 Å². The van der Waals surface area contributed by atoms with Gasteiger partial charge in [0.1, 0.15) is 5.52 Å². The fourth-order valence-corrected chi connectivity index (χ4v) is 7.02. The number of fused-ring (bicyclic) bond motifs is 7. The van der Waals surface area contributed by atoms with Crippen molar-refractivity contribution in [3.63, 3.8) is 0 Å². The van der Waals surface area contributed by atoms with Crippen molar-refractivity contribution in [2.24, 2.45) is 0 Å². The molecule has 10 aromatic rings. The summed E-state index contributed by atoms with van der Waals surface area (Å²) in [5.74, 6) is 2.26. The topological polar surface area (TPSA) is 69.6 Å². The Balaban J connectivity index is 1.21. The van der Waals surface area contributed by atoms with Gasteiger partial charge in [-0.15, -0.1) is 0 Å². The van der Waals surface area contributed by atoms with E-state index in [0.717, 1.165) is 71.6 Å². The average molecular weight is 642 g/mol. The van der Waals surface area contributed by atoms with Crippen LogP contribution in [0.1, 0.15) is 0 Å². The van der Waals surface area contributed by atoms with Crippen molar-refractivity contribution < 1.29 is 4.42 Å². The summed E-state index contributed by atoms with van der Waals surface area (Å²) >= 11 is 0. The Morgan fingerprint density at radius 2 is 1.00 bits per heavy atom. The first kappa shape index (κ1) is 28.1. The molecule has 0 fully saturated rings. The van der Waals surface area contributed by atoms with E-state index in [2.05, 4.69) is 71.3 Å². The molecule has 3 heterocycles. The lowest BCUT2D eigenvalue weighted by Gasteiger charge is -2.10. The van der Waals surface area contributed by atoms with Gasteiger partial charge in [-0.2, -0.15) is 0 Å². The third-order valence-electron chi connectivity index (χ3n) is 9.28. The molecule has 0 aliphatic heterocycles. The van der Waals surface area contributed by atoms with Crippen LogP contribution in [0.25, 0.3) is 95.0 Å². The van der Waals surface area contributed by atoms with Crippen molar-refractivity contribution >= 4 is 43.7 Å². The van der Waals surface area contributed by atoms with Gasteiger partial charge in [-0.3, -0.25) is 0 Å².